The molecule has 0 aliphatic rings. The summed E-state index contributed by atoms with van der Waals surface area (Å²) in [5.41, 5.74) is 3.80. The molecule has 0 spiro atoms. The summed E-state index contributed by atoms with van der Waals surface area (Å²) in [5.74, 6) is 0. The number of hydrogen-bond acceptors (Lipinski definition) is 2. The van der Waals surface area contributed by atoms with Crippen molar-refractivity contribution in [2.75, 3.05) is 12.4 Å². The maximum atomic E-state index is 5.30. The van der Waals surface area contributed by atoms with Gasteiger partial charge in [-0.15, -0.1) is 0 Å². The SMILES string of the molecule is COC(C)C(C)Nc1c(C)cccc1C. The van der Waals surface area contributed by atoms with Gasteiger partial charge >= 0.3 is 0 Å². The summed E-state index contributed by atoms with van der Waals surface area (Å²) in [5, 5.41) is 3.50. The van der Waals surface area contributed by atoms with Crippen LogP contribution >= 0.6 is 0 Å². The van der Waals surface area contributed by atoms with E-state index < -0.39 is 0 Å². The zero-order valence-electron chi connectivity index (χ0n) is 10.3. The molecule has 0 aromatic heterocycles. The largest absolute Gasteiger partial charge is 0.380 e. The average Bonchev–Trinajstić information content (AvgIpc) is 2.22. The second kappa shape index (κ2) is 5.17. The Morgan fingerprint density at radius 1 is 1.13 bits per heavy atom. The van der Waals surface area contributed by atoms with E-state index in [2.05, 4.69) is 51.2 Å². The van der Waals surface area contributed by atoms with Gasteiger partial charge in [0.1, 0.15) is 0 Å². The lowest BCUT2D eigenvalue weighted by molar-refractivity contribution is 0.106. The first-order valence-corrected chi connectivity index (χ1v) is 5.41. The molecule has 1 aromatic carbocycles. The van der Waals surface area contributed by atoms with Gasteiger partial charge < -0.3 is 10.1 Å². The molecule has 0 saturated heterocycles. The van der Waals surface area contributed by atoms with Crippen LogP contribution < -0.4 is 5.32 Å². The lowest BCUT2D eigenvalue weighted by Crippen LogP contribution is -2.30. The van der Waals surface area contributed by atoms with Crippen molar-refractivity contribution in [1.82, 2.24) is 0 Å². The van der Waals surface area contributed by atoms with Gasteiger partial charge in [-0.1, -0.05) is 18.2 Å². The number of rotatable bonds is 4. The number of ether oxygens (including phenoxy) is 1. The lowest BCUT2D eigenvalue weighted by Gasteiger charge is -2.23. The van der Waals surface area contributed by atoms with E-state index in [1.54, 1.807) is 7.11 Å². The van der Waals surface area contributed by atoms with E-state index >= 15 is 0 Å². The number of hydrogen-bond donors (Lipinski definition) is 1. The van der Waals surface area contributed by atoms with Gasteiger partial charge in [-0.3, -0.25) is 0 Å². The maximum absolute atomic E-state index is 5.30. The Hall–Kier alpha value is -1.02. The molecule has 15 heavy (non-hydrogen) atoms. The standard InChI is InChI=1S/C13H21NO/c1-9-7-6-8-10(2)13(9)14-11(3)12(4)15-5/h6-8,11-12,14H,1-5H3. The van der Waals surface area contributed by atoms with Gasteiger partial charge in [0.05, 0.1) is 6.10 Å². The molecule has 0 fully saturated rings. The van der Waals surface area contributed by atoms with Gasteiger partial charge in [0, 0.05) is 18.8 Å². The van der Waals surface area contributed by atoms with Crippen LogP contribution in [0.25, 0.3) is 0 Å². The number of para-hydroxylation sites is 1. The van der Waals surface area contributed by atoms with Crippen molar-refractivity contribution in [2.45, 2.75) is 39.8 Å². The molecule has 0 amide bonds. The third-order valence-corrected chi connectivity index (χ3v) is 2.93. The molecule has 0 aliphatic carbocycles. The number of anilines is 1. The highest BCUT2D eigenvalue weighted by Gasteiger charge is 2.12. The molecule has 0 saturated carbocycles. The highest BCUT2D eigenvalue weighted by molar-refractivity contribution is 5.57. The molecule has 1 N–H and O–H groups in total. The Balaban J connectivity index is 2.80. The van der Waals surface area contributed by atoms with Crippen LogP contribution in [0.4, 0.5) is 5.69 Å². The van der Waals surface area contributed by atoms with Crippen LogP contribution in [0.15, 0.2) is 18.2 Å². The first-order valence-electron chi connectivity index (χ1n) is 5.41. The molecule has 0 aliphatic heterocycles. The van der Waals surface area contributed by atoms with Crippen molar-refractivity contribution in [3.8, 4) is 0 Å². The van der Waals surface area contributed by atoms with Crippen molar-refractivity contribution in [1.29, 1.82) is 0 Å². The second-order valence-corrected chi connectivity index (χ2v) is 4.14. The van der Waals surface area contributed by atoms with Gasteiger partial charge in [-0.05, 0) is 38.8 Å². The molecule has 0 bridgehead atoms. The number of methoxy groups -OCH3 is 1. The van der Waals surface area contributed by atoms with Crippen molar-refractivity contribution >= 4 is 5.69 Å². The summed E-state index contributed by atoms with van der Waals surface area (Å²) in [6, 6.07) is 6.65. The maximum Gasteiger partial charge on any atom is 0.0741 e. The molecule has 1 aromatic rings. The van der Waals surface area contributed by atoms with Crippen LogP contribution in [-0.4, -0.2) is 19.3 Å². The van der Waals surface area contributed by atoms with Crippen LogP contribution in [0.2, 0.25) is 0 Å². The molecule has 2 atom stereocenters. The summed E-state index contributed by atoms with van der Waals surface area (Å²) in [6.45, 7) is 8.46. The second-order valence-electron chi connectivity index (χ2n) is 4.14. The highest BCUT2D eigenvalue weighted by atomic mass is 16.5. The zero-order valence-corrected chi connectivity index (χ0v) is 10.3. The Morgan fingerprint density at radius 2 is 1.67 bits per heavy atom. The fourth-order valence-electron chi connectivity index (χ4n) is 1.59. The van der Waals surface area contributed by atoms with Gasteiger partial charge in [0.15, 0.2) is 0 Å². The van der Waals surface area contributed by atoms with E-state index in [4.69, 9.17) is 4.74 Å². The first-order chi connectivity index (χ1) is 7.06. The fraction of sp³-hybridized carbons (Fsp3) is 0.538. The highest BCUT2D eigenvalue weighted by Crippen LogP contribution is 2.21. The molecule has 0 radical (unpaired) electrons. The summed E-state index contributed by atoms with van der Waals surface area (Å²) < 4.78 is 5.30. The summed E-state index contributed by atoms with van der Waals surface area (Å²) in [7, 11) is 1.74. The quantitative estimate of drug-likeness (QED) is 0.819. The van der Waals surface area contributed by atoms with Gasteiger partial charge in [0.25, 0.3) is 0 Å². The predicted molar refractivity (Wildman–Crippen MR) is 65.5 cm³/mol. The smallest absolute Gasteiger partial charge is 0.0741 e. The van der Waals surface area contributed by atoms with Crippen LogP contribution in [-0.2, 0) is 4.74 Å². The van der Waals surface area contributed by atoms with E-state index in [1.165, 1.54) is 16.8 Å². The minimum absolute atomic E-state index is 0.212. The third kappa shape index (κ3) is 2.96. The molecular formula is C13H21NO. The summed E-state index contributed by atoms with van der Waals surface area (Å²) in [6.07, 6.45) is 0.212. The molecule has 84 valence electrons. The van der Waals surface area contributed by atoms with Gasteiger partial charge in [-0.25, -0.2) is 0 Å². The van der Waals surface area contributed by atoms with Gasteiger partial charge in [-0.2, -0.15) is 0 Å². The minimum atomic E-state index is 0.212. The Kier molecular flexibility index (Phi) is 4.15. The molecule has 2 unspecified atom stereocenters. The molecule has 0 heterocycles. The van der Waals surface area contributed by atoms with Crippen LogP contribution in [0.1, 0.15) is 25.0 Å². The van der Waals surface area contributed by atoms with E-state index in [1.807, 2.05) is 0 Å². The Bertz CT molecular complexity index is 302. The Labute approximate surface area is 92.6 Å². The van der Waals surface area contributed by atoms with Crippen molar-refractivity contribution < 1.29 is 4.74 Å². The van der Waals surface area contributed by atoms with Crippen molar-refractivity contribution in [3.05, 3.63) is 29.3 Å². The fourth-order valence-corrected chi connectivity index (χ4v) is 1.59. The normalized spacial score (nSPS) is 14.7. The van der Waals surface area contributed by atoms with Crippen molar-refractivity contribution in [3.63, 3.8) is 0 Å². The summed E-state index contributed by atoms with van der Waals surface area (Å²) in [4.78, 5) is 0. The predicted octanol–water partition coefficient (Wildman–Crippen LogP) is 3.14. The third-order valence-electron chi connectivity index (χ3n) is 2.93. The van der Waals surface area contributed by atoms with E-state index in [-0.39, 0.29) is 6.10 Å². The molecule has 1 rings (SSSR count). The topological polar surface area (TPSA) is 21.3 Å². The van der Waals surface area contributed by atoms with Crippen LogP contribution in [0.5, 0.6) is 0 Å². The van der Waals surface area contributed by atoms with E-state index in [0.29, 0.717) is 6.04 Å². The van der Waals surface area contributed by atoms with Crippen LogP contribution in [0.3, 0.4) is 0 Å². The van der Waals surface area contributed by atoms with Gasteiger partial charge in [0.2, 0.25) is 0 Å². The minimum Gasteiger partial charge on any atom is -0.380 e. The Morgan fingerprint density at radius 3 is 2.13 bits per heavy atom. The molecule has 2 nitrogen and oxygen atoms in total. The molecule has 2 heteroatoms. The first kappa shape index (κ1) is 12.1. The number of benzene rings is 1. The van der Waals surface area contributed by atoms with Crippen molar-refractivity contribution in [2.24, 2.45) is 0 Å². The molecular weight excluding hydrogens is 186 g/mol. The van der Waals surface area contributed by atoms with E-state index in [0.717, 1.165) is 0 Å². The van der Waals surface area contributed by atoms with Crippen LogP contribution in [0, 0.1) is 13.8 Å². The lowest BCUT2D eigenvalue weighted by atomic mass is 10.1. The summed E-state index contributed by atoms with van der Waals surface area (Å²) >= 11 is 0. The zero-order chi connectivity index (χ0) is 11.4. The number of nitrogens with one attached hydrogen (secondary N) is 1. The monoisotopic (exact) mass is 207 g/mol. The average molecular weight is 207 g/mol. The van der Waals surface area contributed by atoms with E-state index in [9.17, 15) is 0 Å². The number of aryl methyl sites for hydroxylation is 2.